The molecule has 0 radical (unpaired) electrons. The quantitative estimate of drug-likeness (QED) is 0.777. The third kappa shape index (κ3) is 5.09. The van der Waals surface area contributed by atoms with Crippen LogP contribution in [0.4, 0.5) is 4.79 Å². The Morgan fingerprint density at radius 3 is 2.58 bits per heavy atom. The van der Waals surface area contributed by atoms with Gasteiger partial charge in [0.2, 0.25) is 0 Å². The van der Waals surface area contributed by atoms with Gasteiger partial charge in [-0.25, -0.2) is 4.79 Å². The van der Waals surface area contributed by atoms with E-state index in [4.69, 9.17) is 5.11 Å². The van der Waals surface area contributed by atoms with E-state index in [1.807, 2.05) is 11.8 Å². The number of hydrogen-bond donors (Lipinski definition) is 2. The summed E-state index contributed by atoms with van der Waals surface area (Å²) in [6.45, 7) is 8.40. The number of carbonyl (C=O) groups is 2. The van der Waals surface area contributed by atoms with Crippen molar-refractivity contribution in [3.05, 3.63) is 0 Å². The molecule has 0 aromatic heterocycles. The molecule has 2 unspecified atom stereocenters. The molecule has 1 heterocycles. The van der Waals surface area contributed by atoms with Crippen molar-refractivity contribution in [1.82, 2.24) is 10.2 Å². The molecule has 1 aliphatic heterocycles. The lowest BCUT2D eigenvalue weighted by Crippen LogP contribution is -2.41. The summed E-state index contributed by atoms with van der Waals surface area (Å²) in [5.41, 5.74) is 0. The number of aliphatic carboxylic acids is 1. The Kier molecular flexibility index (Phi) is 6.12. The van der Waals surface area contributed by atoms with Crippen LogP contribution in [0.25, 0.3) is 0 Å². The number of rotatable bonds is 6. The molecule has 110 valence electrons. The van der Waals surface area contributed by atoms with Crippen molar-refractivity contribution in [3.8, 4) is 0 Å². The fraction of sp³-hybridized carbons (Fsp3) is 0.857. The molecule has 5 heteroatoms. The normalized spacial score (nSPS) is 20.6. The highest BCUT2D eigenvalue weighted by Gasteiger charge is 2.28. The van der Waals surface area contributed by atoms with Gasteiger partial charge in [-0.2, -0.15) is 0 Å². The second kappa shape index (κ2) is 7.36. The van der Waals surface area contributed by atoms with Crippen LogP contribution in [0.5, 0.6) is 0 Å². The largest absolute Gasteiger partial charge is 0.481 e. The van der Waals surface area contributed by atoms with Gasteiger partial charge in [-0.3, -0.25) is 4.79 Å². The predicted octanol–water partition coefficient (Wildman–Crippen LogP) is 2.17. The Balaban J connectivity index is 2.33. The van der Waals surface area contributed by atoms with Crippen LogP contribution < -0.4 is 5.32 Å². The SMILES string of the molecule is CCC(CNC(=O)N1CCC(C(C)C)C1)CC(=O)O. The van der Waals surface area contributed by atoms with E-state index in [1.165, 1.54) is 0 Å². The standard InChI is InChI=1S/C14H26N2O3/c1-4-11(7-13(17)18)8-15-14(19)16-6-5-12(9-16)10(2)3/h10-12H,4-9H2,1-3H3,(H,15,19)(H,17,18). The van der Waals surface area contributed by atoms with Crippen LogP contribution in [-0.2, 0) is 4.79 Å². The number of carboxylic acids is 1. The van der Waals surface area contributed by atoms with E-state index in [9.17, 15) is 9.59 Å². The molecule has 5 nitrogen and oxygen atoms in total. The molecule has 1 aliphatic rings. The Morgan fingerprint density at radius 2 is 2.11 bits per heavy atom. The molecule has 0 aliphatic carbocycles. The van der Waals surface area contributed by atoms with Crippen molar-refractivity contribution >= 4 is 12.0 Å². The van der Waals surface area contributed by atoms with Gasteiger partial charge in [-0.05, 0) is 24.2 Å². The number of hydrogen-bond acceptors (Lipinski definition) is 2. The third-order valence-corrected chi connectivity index (χ3v) is 4.04. The number of carboxylic acid groups (broad SMARTS) is 1. The van der Waals surface area contributed by atoms with Gasteiger partial charge in [0.25, 0.3) is 0 Å². The zero-order valence-electron chi connectivity index (χ0n) is 12.2. The fourth-order valence-electron chi connectivity index (χ4n) is 2.47. The third-order valence-electron chi connectivity index (χ3n) is 4.04. The first-order chi connectivity index (χ1) is 8.93. The highest BCUT2D eigenvalue weighted by molar-refractivity contribution is 5.74. The second-order valence-electron chi connectivity index (χ2n) is 5.80. The lowest BCUT2D eigenvalue weighted by molar-refractivity contribution is -0.138. The van der Waals surface area contributed by atoms with Gasteiger partial charge in [-0.1, -0.05) is 27.2 Å². The van der Waals surface area contributed by atoms with Gasteiger partial charge in [0, 0.05) is 26.1 Å². The van der Waals surface area contributed by atoms with Crippen LogP contribution in [0.3, 0.4) is 0 Å². The maximum absolute atomic E-state index is 12.0. The molecule has 0 aromatic rings. The number of nitrogens with one attached hydrogen (secondary N) is 1. The first-order valence-electron chi connectivity index (χ1n) is 7.18. The summed E-state index contributed by atoms with van der Waals surface area (Å²) in [4.78, 5) is 24.5. The van der Waals surface area contributed by atoms with E-state index in [2.05, 4.69) is 19.2 Å². The summed E-state index contributed by atoms with van der Waals surface area (Å²) in [6, 6.07) is -0.0491. The molecule has 1 rings (SSSR count). The van der Waals surface area contributed by atoms with E-state index >= 15 is 0 Å². The summed E-state index contributed by atoms with van der Waals surface area (Å²) in [5.74, 6) is 0.409. The predicted molar refractivity (Wildman–Crippen MR) is 74.0 cm³/mol. The first kappa shape index (κ1) is 15.8. The molecule has 2 amide bonds. The smallest absolute Gasteiger partial charge is 0.317 e. The maximum Gasteiger partial charge on any atom is 0.317 e. The lowest BCUT2D eigenvalue weighted by Gasteiger charge is -2.20. The summed E-state index contributed by atoms with van der Waals surface area (Å²) < 4.78 is 0. The molecule has 1 fully saturated rings. The molecule has 1 saturated heterocycles. The first-order valence-corrected chi connectivity index (χ1v) is 7.18. The maximum atomic E-state index is 12.0. The van der Waals surface area contributed by atoms with E-state index < -0.39 is 5.97 Å². The zero-order valence-corrected chi connectivity index (χ0v) is 12.2. The monoisotopic (exact) mass is 270 g/mol. The molecule has 0 bridgehead atoms. The Hall–Kier alpha value is -1.26. The van der Waals surface area contributed by atoms with Crippen LogP contribution in [-0.4, -0.2) is 41.6 Å². The number of nitrogens with zero attached hydrogens (tertiary/aromatic N) is 1. The van der Waals surface area contributed by atoms with Gasteiger partial charge < -0.3 is 15.3 Å². The fourth-order valence-corrected chi connectivity index (χ4v) is 2.47. The van der Waals surface area contributed by atoms with Crippen molar-refractivity contribution in [2.24, 2.45) is 17.8 Å². The minimum absolute atomic E-state index is 0.0185. The van der Waals surface area contributed by atoms with E-state index in [0.29, 0.717) is 18.4 Å². The molecular weight excluding hydrogens is 244 g/mol. The van der Waals surface area contributed by atoms with Gasteiger partial charge >= 0.3 is 12.0 Å². The zero-order chi connectivity index (χ0) is 14.4. The summed E-state index contributed by atoms with van der Waals surface area (Å²) in [7, 11) is 0. The average molecular weight is 270 g/mol. The summed E-state index contributed by atoms with van der Waals surface area (Å²) >= 11 is 0. The lowest BCUT2D eigenvalue weighted by atomic mass is 9.95. The van der Waals surface area contributed by atoms with Gasteiger partial charge in [0.05, 0.1) is 0 Å². The molecule has 2 N–H and O–H groups in total. The number of carbonyl (C=O) groups excluding carboxylic acids is 1. The highest BCUT2D eigenvalue weighted by Crippen LogP contribution is 2.23. The Morgan fingerprint density at radius 1 is 1.42 bits per heavy atom. The van der Waals surface area contributed by atoms with Crippen LogP contribution in [0.15, 0.2) is 0 Å². The van der Waals surface area contributed by atoms with Gasteiger partial charge in [0.1, 0.15) is 0 Å². The molecule has 19 heavy (non-hydrogen) atoms. The topological polar surface area (TPSA) is 69.6 Å². The molecule has 0 aromatic carbocycles. The molecule has 0 spiro atoms. The van der Waals surface area contributed by atoms with Crippen LogP contribution in [0.1, 0.15) is 40.0 Å². The number of urea groups is 1. The van der Waals surface area contributed by atoms with Gasteiger partial charge in [-0.15, -0.1) is 0 Å². The van der Waals surface area contributed by atoms with Crippen LogP contribution >= 0.6 is 0 Å². The average Bonchev–Trinajstić information content (AvgIpc) is 2.83. The molecule has 0 saturated carbocycles. The number of likely N-dealkylation sites (tertiary alicyclic amines) is 1. The Labute approximate surface area is 115 Å². The van der Waals surface area contributed by atoms with E-state index in [-0.39, 0.29) is 18.4 Å². The van der Waals surface area contributed by atoms with E-state index in [1.54, 1.807) is 0 Å². The summed E-state index contributed by atoms with van der Waals surface area (Å²) in [5, 5.41) is 11.6. The van der Waals surface area contributed by atoms with Crippen molar-refractivity contribution in [2.45, 2.75) is 40.0 Å². The second-order valence-corrected chi connectivity index (χ2v) is 5.80. The van der Waals surface area contributed by atoms with Crippen molar-refractivity contribution in [2.75, 3.05) is 19.6 Å². The van der Waals surface area contributed by atoms with E-state index in [0.717, 1.165) is 25.9 Å². The number of amides is 2. The Bertz CT molecular complexity index is 318. The van der Waals surface area contributed by atoms with Crippen molar-refractivity contribution < 1.29 is 14.7 Å². The van der Waals surface area contributed by atoms with Crippen LogP contribution in [0, 0.1) is 17.8 Å². The van der Waals surface area contributed by atoms with Crippen molar-refractivity contribution in [1.29, 1.82) is 0 Å². The molecular formula is C14H26N2O3. The minimum atomic E-state index is -0.804. The minimum Gasteiger partial charge on any atom is -0.481 e. The molecule has 2 atom stereocenters. The van der Waals surface area contributed by atoms with Gasteiger partial charge in [0.15, 0.2) is 0 Å². The summed E-state index contributed by atoms with van der Waals surface area (Å²) in [6.07, 6.45) is 1.95. The van der Waals surface area contributed by atoms with Crippen molar-refractivity contribution in [3.63, 3.8) is 0 Å². The highest BCUT2D eigenvalue weighted by atomic mass is 16.4. The van der Waals surface area contributed by atoms with Crippen LogP contribution in [0.2, 0.25) is 0 Å².